The lowest BCUT2D eigenvalue weighted by atomic mass is 10.1. The number of aromatic amines is 1. The maximum Gasteiger partial charge on any atom is 0.410 e. The number of rotatable bonds is 9. The second-order valence-corrected chi connectivity index (χ2v) is 8.85. The quantitative estimate of drug-likeness (QED) is 0.429. The Kier molecular flexibility index (Phi) is 8.83. The lowest BCUT2D eigenvalue weighted by Crippen LogP contribution is -2.37. The number of nitrogens with one attached hydrogen (secondary N) is 2. The van der Waals surface area contributed by atoms with Crippen molar-refractivity contribution in [1.29, 1.82) is 0 Å². The summed E-state index contributed by atoms with van der Waals surface area (Å²) in [5, 5.41) is 3.24. The van der Waals surface area contributed by atoms with Gasteiger partial charge in [0, 0.05) is 51.0 Å². The summed E-state index contributed by atoms with van der Waals surface area (Å²) in [5.41, 5.74) is 0.970. The van der Waals surface area contributed by atoms with Gasteiger partial charge in [-0.3, -0.25) is 14.4 Å². The molecular weight excluding hydrogens is 481 g/mol. The average Bonchev–Trinajstić information content (AvgIpc) is 3.24. The van der Waals surface area contributed by atoms with Gasteiger partial charge in [-0.1, -0.05) is 6.08 Å². The summed E-state index contributed by atoms with van der Waals surface area (Å²) in [7, 11) is 6.21. The summed E-state index contributed by atoms with van der Waals surface area (Å²) in [5.74, 6) is -1.24. The lowest BCUT2D eigenvalue weighted by Gasteiger charge is -2.19. The Hall–Kier alpha value is -4.41. The van der Waals surface area contributed by atoms with Crippen molar-refractivity contribution in [2.24, 2.45) is 0 Å². The van der Waals surface area contributed by atoms with Crippen molar-refractivity contribution in [1.82, 2.24) is 19.4 Å². The molecule has 1 aromatic carbocycles. The first-order chi connectivity index (χ1) is 17.5. The normalized spacial score (nSPS) is 11.9. The number of pyridine rings is 1. The fourth-order valence-electron chi connectivity index (χ4n) is 3.45. The van der Waals surface area contributed by atoms with E-state index < -0.39 is 23.7 Å². The summed E-state index contributed by atoms with van der Waals surface area (Å²) in [6.45, 7) is 0.169. The number of likely N-dealkylation sites (N-methyl/N-ethyl adjacent to an activating group) is 1. The summed E-state index contributed by atoms with van der Waals surface area (Å²) >= 11 is 0. The number of allylic oxidation sites excluding steroid dienone is 1. The fourth-order valence-corrected chi connectivity index (χ4v) is 3.45. The van der Waals surface area contributed by atoms with E-state index in [9.17, 15) is 23.6 Å². The van der Waals surface area contributed by atoms with Gasteiger partial charge in [-0.2, -0.15) is 0 Å². The van der Waals surface area contributed by atoms with Crippen LogP contribution in [0.5, 0.6) is 0 Å². The van der Waals surface area contributed by atoms with Gasteiger partial charge in [-0.25, -0.2) is 9.18 Å². The van der Waals surface area contributed by atoms with Crippen molar-refractivity contribution in [3.05, 3.63) is 76.6 Å². The zero-order valence-corrected chi connectivity index (χ0v) is 21.2. The molecule has 0 radical (unpaired) electrons. The molecule has 0 fully saturated rings. The van der Waals surface area contributed by atoms with Crippen molar-refractivity contribution >= 4 is 34.5 Å². The predicted molar refractivity (Wildman–Crippen MR) is 138 cm³/mol. The van der Waals surface area contributed by atoms with Gasteiger partial charge in [-0.05, 0) is 55.3 Å². The minimum atomic E-state index is -1.19. The molecular formula is C26H30FN5O5. The van der Waals surface area contributed by atoms with Crippen LogP contribution in [0, 0.1) is 5.82 Å². The molecule has 3 rings (SSSR count). The molecule has 0 bridgehead atoms. The van der Waals surface area contributed by atoms with Crippen LogP contribution in [-0.2, 0) is 20.9 Å². The number of hydrogen-bond donors (Lipinski definition) is 2. The number of nitrogens with zero attached hydrogens (tertiary/aromatic N) is 3. The third-order valence-electron chi connectivity index (χ3n) is 5.45. The van der Waals surface area contributed by atoms with Crippen LogP contribution in [0.3, 0.4) is 0 Å². The Morgan fingerprint density at radius 1 is 1.14 bits per heavy atom. The van der Waals surface area contributed by atoms with E-state index in [2.05, 4.69) is 10.3 Å². The Balaban J connectivity index is 1.74. The second kappa shape index (κ2) is 12.0. The van der Waals surface area contributed by atoms with Crippen molar-refractivity contribution < 1.29 is 23.5 Å². The topological polar surface area (TPSA) is 117 Å². The van der Waals surface area contributed by atoms with Gasteiger partial charge in [0.1, 0.15) is 11.5 Å². The van der Waals surface area contributed by atoms with E-state index in [0.29, 0.717) is 17.5 Å². The molecule has 0 saturated carbocycles. The molecule has 10 nitrogen and oxygen atoms in total. The summed E-state index contributed by atoms with van der Waals surface area (Å²) in [6, 6.07) is 9.18. The van der Waals surface area contributed by atoms with E-state index in [-0.39, 0.29) is 30.4 Å². The van der Waals surface area contributed by atoms with Gasteiger partial charge in [0.05, 0.1) is 6.54 Å². The number of aromatic nitrogens is 2. The van der Waals surface area contributed by atoms with Crippen LogP contribution in [0.1, 0.15) is 18.5 Å². The Bertz CT molecular complexity index is 1380. The number of H-pyrrole nitrogens is 1. The highest BCUT2D eigenvalue weighted by atomic mass is 19.1. The maximum absolute atomic E-state index is 13.5. The SMILES string of the molecule is CN(C)C(=O)C=CCCC(OC(=O)N(C)C)C(=O)Nc1cccn(Cc2cc3cc(F)ccc3[nH]2)c1=O. The smallest absolute Gasteiger partial charge is 0.410 e. The van der Waals surface area contributed by atoms with Gasteiger partial charge >= 0.3 is 6.09 Å². The van der Waals surface area contributed by atoms with Gasteiger partial charge in [0.15, 0.2) is 6.10 Å². The fraction of sp³-hybridized carbons (Fsp3) is 0.308. The molecule has 0 spiro atoms. The molecule has 0 aliphatic carbocycles. The molecule has 0 saturated heterocycles. The highest BCUT2D eigenvalue weighted by Gasteiger charge is 2.24. The number of ether oxygens (including phenoxy) is 1. The Morgan fingerprint density at radius 2 is 1.89 bits per heavy atom. The molecule has 0 aliphatic heterocycles. The number of fused-ring (bicyclic) bond motifs is 1. The van der Waals surface area contributed by atoms with E-state index >= 15 is 0 Å². The monoisotopic (exact) mass is 511 g/mol. The van der Waals surface area contributed by atoms with E-state index in [1.165, 1.54) is 52.7 Å². The van der Waals surface area contributed by atoms with Gasteiger partial charge in [0.2, 0.25) is 5.91 Å². The molecule has 2 N–H and O–H groups in total. The van der Waals surface area contributed by atoms with Gasteiger partial charge in [0.25, 0.3) is 11.5 Å². The predicted octanol–water partition coefficient (Wildman–Crippen LogP) is 2.95. The lowest BCUT2D eigenvalue weighted by molar-refractivity contribution is -0.125. The molecule has 3 aromatic rings. The van der Waals surface area contributed by atoms with E-state index in [1.54, 1.807) is 44.6 Å². The third kappa shape index (κ3) is 7.29. The highest BCUT2D eigenvalue weighted by Crippen LogP contribution is 2.17. The van der Waals surface area contributed by atoms with Crippen molar-refractivity contribution in [3.63, 3.8) is 0 Å². The first-order valence-electron chi connectivity index (χ1n) is 11.6. The first kappa shape index (κ1) is 27.2. The molecule has 37 heavy (non-hydrogen) atoms. The summed E-state index contributed by atoms with van der Waals surface area (Å²) < 4.78 is 20.2. The standard InChI is InChI=1S/C26H30FN5O5/c1-30(2)23(33)10-6-5-9-22(37-26(36)31(3)4)24(34)29-21-8-7-13-32(25(21)35)16-19-15-17-14-18(27)11-12-20(17)28-19/h6-8,10-15,22,28H,5,9,16H2,1-4H3,(H,29,34). The third-order valence-corrected chi connectivity index (χ3v) is 5.45. The zero-order chi connectivity index (χ0) is 27.1. The van der Waals surface area contributed by atoms with Crippen LogP contribution in [0.25, 0.3) is 10.9 Å². The number of carbonyl (C=O) groups excluding carboxylic acids is 3. The number of carbonyl (C=O) groups is 3. The second-order valence-electron chi connectivity index (χ2n) is 8.85. The number of amides is 3. The summed E-state index contributed by atoms with van der Waals surface area (Å²) in [4.78, 5) is 55.6. The zero-order valence-electron chi connectivity index (χ0n) is 21.2. The molecule has 196 valence electrons. The largest absolute Gasteiger partial charge is 0.436 e. The maximum atomic E-state index is 13.5. The number of halogens is 1. The van der Waals surface area contributed by atoms with Crippen LogP contribution in [-0.4, -0.2) is 71.6 Å². The van der Waals surface area contributed by atoms with Crippen LogP contribution < -0.4 is 10.9 Å². The molecule has 3 amide bonds. The number of anilines is 1. The molecule has 1 atom stereocenters. The molecule has 11 heteroatoms. The van der Waals surface area contributed by atoms with E-state index in [1.807, 2.05) is 0 Å². The average molecular weight is 512 g/mol. The van der Waals surface area contributed by atoms with Crippen molar-refractivity contribution in [2.45, 2.75) is 25.5 Å². The molecule has 1 unspecified atom stereocenters. The van der Waals surface area contributed by atoms with Gasteiger partial charge < -0.3 is 29.4 Å². The van der Waals surface area contributed by atoms with Crippen LogP contribution >= 0.6 is 0 Å². The van der Waals surface area contributed by atoms with Crippen LogP contribution in [0.2, 0.25) is 0 Å². The van der Waals surface area contributed by atoms with Crippen molar-refractivity contribution in [3.8, 4) is 0 Å². The molecule has 0 aliphatic rings. The molecule has 2 aromatic heterocycles. The summed E-state index contributed by atoms with van der Waals surface area (Å²) in [6.07, 6.45) is 3.03. The first-order valence-corrected chi connectivity index (χ1v) is 11.6. The van der Waals surface area contributed by atoms with E-state index in [4.69, 9.17) is 4.74 Å². The minimum Gasteiger partial charge on any atom is -0.436 e. The van der Waals surface area contributed by atoms with Crippen LogP contribution in [0.4, 0.5) is 14.9 Å². The number of benzene rings is 1. The Labute approximate surface area is 213 Å². The number of hydrogen-bond acceptors (Lipinski definition) is 5. The highest BCUT2D eigenvalue weighted by molar-refractivity contribution is 5.95. The van der Waals surface area contributed by atoms with E-state index in [0.717, 1.165) is 5.52 Å². The molecule has 2 heterocycles. The van der Waals surface area contributed by atoms with Gasteiger partial charge in [-0.15, -0.1) is 0 Å². The van der Waals surface area contributed by atoms with Crippen molar-refractivity contribution in [2.75, 3.05) is 33.5 Å². The Morgan fingerprint density at radius 3 is 2.59 bits per heavy atom. The minimum absolute atomic E-state index is 0.0129. The van der Waals surface area contributed by atoms with Crippen LogP contribution in [0.15, 0.2) is 59.5 Å².